The van der Waals surface area contributed by atoms with Crippen molar-refractivity contribution in [3.8, 4) is 5.75 Å². The van der Waals surface area contributed by atoms with E-state index in [9.17, 15) is 19.5 Å². The first-order valence-corrected chi connectivity index (χ1v) is 8.91. The monoisotopic (exact) mass is 360 g/mol. The molecule has 2 amide bonds. The minimum absolute atomic E-state index is 0.0738. The van der Waals surface area contributed by atoms with Crippen LogP contribution >= 0.6 is 0 Å². The zero-order valence-electron chi connectivity index (χ0n) is 14.9. The number of carboxylic acid groups (broad SMARTS) is 1. The summed E-state index contributed by atoms with van der Waals surface area (Å²) in [6, 6.07) is 7.21. The second-order valence-electron chi connectivity index (χ2n) is 7.12. The van der Waals surface area contributed by atoms with Crippen LogP contribution in [0.15, 0.2) is 24.3 Å². The number of nitrogens with one attached hydrogen (secondary N) is 1. The number of methoxy groups -OCH3 is 1. The van der Waals surface area contributed by atoms with Crippen molar-refractivity contribution in [2.24, 2.45) is 5.92 Å². The van der Waals surface area contributed by atoms with Gasteiger partial charge in [0.05, 0.1) is 30.7 Å². The molecule has 1 aromatic rings. The lowest BCUT2D eigenvalue weighted by atomic mass is 9.92. The van der Waals surface area contributed by atoms with E-state index < -0.39 is 17.4 Å². The molecule has 1 saturated heterocycles. The molecule has 26 heavy (non-hydrogen) atoms. The van der Waals surface area contributed by atoms with Gasteiger partial charge < -0.3 is 20.1 Å². The van der Waals surface area contributed by atoms with Crippen LogP contribution in [0.2, 0.25) is 0 Å². The topological polar surface area (TPSA) is 95.9 Å². The Bertz CT molecular complexity index is 712. The fraction of sp³-hybridized carbons (Fsp3) is 0.526. The third-order valence-corrected chi connectivity index (χ3v) is 5.31. The average molecular weight is 360 g/mol. The summed E-state index contributed by atoms with van der Waals surface area (Å²) in [5, 5.41) is 12.1. The number of hydrogen-bond acceptors (Lipinski definition) is 4. The van der Waals surface area contributed by atoms with Crippen LogP contribution in [-0.4, -0.2) is 42.1 Å². The summed E-state index contributed by atoms with van der Waals surface area (Å²) >= 11 is 0. The number of benzene rings is 1. The van der Waals surface area contributed by atoms with E-state index in [1.165, 1.54) is 0 Å². The third kappa shape index (κ3) is 3.66. The maximum absolute atomic E-state index is 12.8. The number of carbonyl (C=O) groups excluding carboxylic acids is 2. The predicted molar refractivity (Wildman–Crippen MR) is 95.0 cm³/mol. The highest BCUT2D eigenvalue weighted by Gasteiger charge is 2.42. The molecule has 0 spiro atoms. The summed E-state index contributed by atoms with van der Waals surface area (Å²) < 4.78 is 5.31. The molecule has 1 aromatic carbocycles. The normalized spacial score (nSPS) is 21.7. The number of carboxylic acids is 1. The van der Waals surface area contributed by atoms with E-state index in [4.69, 9.17) is 4.74 Å². The van der Waals surface area contributed by atoms with Crippen molar-refractivity contribution in [2.75, 3.05) is 18.6 Å². The van der Waals surface area contributed by atoms with Gasteiger partial charge >= 0.3 is 5.97 Å². The van der Waals surface area contributed by atoms with Crippen molar-refractivity contribution < 1.29 is 24.2 Å². The van der Waals surface area contributed by atoms with Gasteiger partial charge in [-0.25, -0.2) is 0 Å². The minimum Gasteiger partial charge on any atom is -0.495 e. The highest BCUT2D eigenvalue weighted by atomic mass is 16.5. The number of anilines is 1. The van der Waals surface area contributed by atoms with Crippen LogP contribution < -0.4 is 15.0 Å². The maximum Gasteiger partial charge on any atom is 0.305 e. The molecule has 140 valence electrons. The summed E-state index contributed by atoms with van der Waals surface area (Å²) in [4.78, 5) is 38.0. The van der Waals surface area contributed by atoms with Crippen molar-refractivity contribution in [1.82, 2.24) is 5.32 Å². The number of ether oxygens (including phenoxy) is 1. The first-order valence-electron chi connectivity index (χ1n) is 8.91. The highest BCUT2D eigenvalue weighted by Crippen LogP contribution is 2.35. The molecular formula is C19H24N2O5. The van der Waals surface area contributed by atoms with Crippen LogP contribution in [0.25, 0.3) is 0 Å². The molecule has 2 aliphatic rings. The average Bonchev–Trinajstić information content (AvgIpc) is 3.21. The van der Waals surface area contributed by atoms with Gasteiger partial charge in [-0.2, -0.15) is 0 Å². The highest BCUT2D eigenvalue weighted by molar-refractivity contribution is 6.01. The smallest absolute Gasteiger partial charge is 0.305 e. The summed E-state index contributed by atoms with van der Waals surface area (Å²) in [6.07, 6.45) is 3.20. The number of hydrogen-bond donors (Lipinski definition) is 2. The van der Waals surface area contributed by atoms with Gasteiger partial charge in [-0.05, 0) is 25.0 Å². The van der Waals surface area contributed by atoms with Crippen LogP contribution in [0.1, 0.15) is 38.5 Å². The molecule has 0 aromatic heterocycles. The lowest BCUT2D eigenvalue weighted by molar-refractivity contribution is -0.139. The predicted octanol–water partition coefficient (Wildman–Crippen LogP) is 1.95. The first kappa shape index (κ1) is 18.2. The van der Waals surface area contributed by atoms with Gasteiger partial charge in [0.2, 0.25) is 11.8 Å². The summed E-state index contributed by atoms with van der Waals surface area (Å²) in [5.41, 5.74) is -0.0273. The summed E-state index contributed by atoms with van der Waals surface area (Å²) in [7, 11) is 1.54. The molecule has 1 aliphatic heterocycles. The van der Waals surface area contributed by atoms with Crippen molar-refractivity contribution in [3.05, 3.63) is 24.3 Å². The van der Waals surface area contributed by atoms with Crippen molar-refractivity contribution in [1.29, 1.82) is 0 Å². The number of rotatable bonds is 6. The summed E-state index contributed by atoms with van der Waals surface area (Å²) in [6.45, 7) is 0.272. The van der Waals surface area contributed by atoms with Gasteiger partial charge in [0.25, 0.3) is 0 Å². The van der Waals surface area contributed by atoms with Crippen LogP contribution in [0.4, 0.5) is 5.69 Å². The molecule has 1 unspecified atom stereocenters. The van der Waals surface area contributed by atoms with E-state index >= 15 is 0 Å². The van der Waals surface area contributed by atoms with Crippen molar-refractivity contribution in [2.45, 2.75) is 44.1 Å². The van der Waals surface area contributed by atoms with Gasteiger partial charge in [-0.1, -0.05) is 25.0 Å². The Morgan fingerprint density at radius 3 is 2.65 bits per heavy atom. The molecule has 2 fully saturated rings. The molecule has 1 aliphatic carbocycles. The largest absolute Gasteiger partial charge is 0.495 e. The van der Waals surface area contributed by atoms with E-state index in [0.717, 1.165) is 12.8 Å². The Balaban J connectivity index is 1.72. The molecule has 7 heteroatoms. The molecule has 1 saturated carbocycles. The van der Waals surface area contributed by atoms with E-state index in [-0.39, 0.29) is 31.2 Å². The first-order chi connectivity index (χ1) is 12.4. The number of carbonyl (C=O) groups is 3. The number of nitrogens with zero attached hydrogens (tertiary/aromatic N) is 1. The molecule has 7 nitrogen and oxygen atoms in total. The Morgan fingerprint density at radius 2 is 2.00 bits per heavy atom. The Kier molecular flexibility index (Phi) is 5.15. The second kappa shape index (κ2) is 7.35. The van der Waals surface area contributed by atoms with Crippen LogP contribution in [0.5, 0.6) is 5.75 Å². The number of para-hydroxylation sites is 2. The fourth-order valence-corrected chi connectivity index (χ4v) is 4.02. The molecule has 0 bridgehead atoms. The number of amides is 2. The molecule has 2 N–H and O–H groups in total. The van der Waals surface area contributed by atoms with Gasteiger partial charge in [0.15, 0.2) is 0 Å². The van der Waals surface area contributed by atoms with Crippen molar-refractivity contribution >= 4 is 23.5 Å². The third-order valence-electron chi connectivity index (χ3n) is 5.31. The van der Waals surface area contributed by atoms with E-state index in [0.29, 0.717) is 24.3 Å². The lowest BCUT2D eigenvalue weighted by Crippen LogP contribution is -2.50. The zero-order valence-corrected chi connectivity index (χ0v) is 14.9. The molecule has 3 rings (SSSR count). The molecule has 1 heterocycles. The lowest BCUT2D eigenvalue weighted by Gasteiger charge is -2.30. The standard InChI is InChI=1S/C19H24N2O5/c1-26-15-7-3-2-6-14(15)21-12-13(10-16(21)22)18(25)20-19(11-17(23)24)8-4-5-9-19/h2-3,6-7,13H,4-5,8-12H2,1H3,(H,20,25)(H,23,24). The fourth-order valence-electron chi connectivity index (χ4n) is 4.02. The van der Waals surface area contributed by atoms with E-state index in [1.807, 2.05) is 12.1 Å². The zero-order chi connectivity index (χ0) is 18.7. The van der Waals surface area contributed by atoms with Crippen molar-refractivity contribution in [3.63, 3.8) is 0 Å². The molecule has 0 radical (unpaired) electrons. The Hall–Kier alpha value is -2.57. The summed E-state index contributed by atoms with van der Waals surface area (Å²) in [5.74, 6) is -1.18. The van der Waals surface area contributed by atoms with Crippen LogP contribution in [0.3, 0.4) is 0 Å². The van der Waals surface area contributed by atoms with Gasteiger partial charge in [-0.15, -0.1) is 0 Å². The van der Waals surface area contributed by atoms with E-state index in [2.05, 4.69) is 5.32 Å². The second-order valence-corrected chi connectivity index (χ2v) is 7.12. The SMILES string of the molecule is COc1ccccc1N1CC(C(=O)NC2(CC(=O)O)CCCC2)CC1=O. The van der Waals surface area contributed by atoms with Gasteiger partial charge in [0, 0.05) is 13.0 Å². The molecule has 1 atom stereocenters. The van der Waals surface area contributed by atoms with E-state index in [1.54, 1.807) is 24.1 Å². The maximum atomic E-state index is 12.8. The quantitative estimate of drug-likeness (QED) is 0.808. The Morgan fingerprint density at radius 1 is 1.31 bits per heavy atom. The number of aliphatic carboxylic acids is 1. The van der Waals surface area contributed by atoms with Crippen LogP contribution in [0, 0.1) is 5.92 Å². The molecular weight excluding hydrogens is 336 g/mol. The van der Waals surface area contributed by atoms with Gasteiger partial charge in [-0.3, -0.25) is 14.4 Å². The van der Waals surface area contributed by atoms with Gasteiger partial charge in [0.1, 0.15) is 5.75 Å². The van der Waals surface area contributed by atoms with Crippen LogP contribution in [-0.2, 0) is 14.4 Å². The Labute approximate surface area is 152 Å². The minimum atomic E-state index is -0.912.